The van der Waals surface area contributed by atoms with Crippen LogP contribution in [0.1, 0.15) is 5.89 Å². The van der Waals surface area contributed by atoms with Crippen molar-refractivity contribution in [2.24, 2.45) is 0 Å². The van der Waals surface area contributed by atoms with Crippen molar-refractivity contribution in [3.8, 4) is 10.8 Å². The average molecular weight is 371 g/mol. The number of piperazine rings is 1. The molecule has 0 radical (unpaired) electrons. The molecule has 9 heteroatoms. The quantitative estimate of drug-likeness (QED) is 0.503. The topological polar surface area (TPSA) is 88.5 Å². The summed E-state index contributed by atoms with van der Waals surface area (Å²) in [5, 5.41) is 21.0. The highest BCUT2D eigenvalue weighted by atomic mass is 32.1. The summed E-state index contributed by atoms with van der Waals surface area (Å²) in [5.41, 5.74) is 1.12. The zero-order chi connectivity index (χ0) is 17.9. The molecule has 4 rings (SSSR count). The average Bonchev–Trinajstić information content (AvgIpc) is 3.34. The van der Waals surface area contributed by atoms with Crippen LogP contribution < -0.4 is 4.90 Å². The number of nitro benzene ring substituents is 1. The maximum Gasteiger partial charge on any atom is 0.269 e. The fourth-order valence-corrected chi connectivity index (χ4v) is 3.60. The van der Waals surface area contributed by atoms with E-state index < -0.39 is 0 Å². The van der Waals surface area contributed by atoms with Crippen molar-refractivity contribution in [1.82, 2.24) is 15.1 Å². The molecule has 26 heavy (non-hydrogen) atoms. The molecule has 1 aliphatic heterocycles. The summed E-state index contributed by atoms with van der Waals surface area (Å²) in [6.45, 7) is 4.07. The molecule has 0 spiro atoms. The number of nitrogens with zero attached hydrogens (tertiary/aromatic N) is 5. The van der Waals surface area contributed by atoms with Crippen LogP contribution in [0.4, 0.5) is 11.4 Å². The van der Waals surface area contributed by atoms with E-state index >= 15 is 0 Å². The lowest BCUT2D eigenvalue weighted by Crippen LogP contribution is -2.46. The Hall–Kier alpha value is -2.78. The highest BCUT2D eigenvalue weighted by Crippen LogP contribution is 2.24. The van der Waals surface area contributed by atoms with Crippen molar-refractivity contribution in [2.45, 2.75) is 6.54 Å². The summed E-state index contributed by atoms with van der Waals surface area (Å²) in [7, 11) is 0. The molecule has 3 heterocycles. The fraction of sp³-hybridized carbons (Fsp3) is 0.294. The zero-order valence-corrected chi connectivity index (χ0v) is 14.8. The van der Waals surface area contributed by atoms with Crippen LogP contribution in [-0.2, 0) is 6.54 Å². The number of rotatable bonds is 5. The van der Waals surface area contributed by atoms with Gasteiger partial charge in [0.15, 0.2) is 0 Å². The highest BCUT2D eigenvalue weighted by molar-refractivity contribution is 7.13. The lowest BCUT2D eigenvalue weighted by molar-refractivity contribution is -0.384. The van der Waals surface area contributed by atoms with Gasteiger partial charge in [0.25, 0.3) is 11.6 Å². The minimum absolute atomic E-state index is 0.116. The highest BCUT2D eigenvalue weighted by Gasteiger charge is 2.20. The molecule has 0 N–H and O–H groups in total. The summed E-state index contributed by atoms with van der Waals surface area (Å²) in [4.78, 5) is 15.8. The van der Waals surface area contributed by atoms with Crippen LogP contribution in [0.3, 0.4) is 0 Å². The lowest BCUT2D eigenvalue weighted by Gasteiger charge is -2.35. The molecule has 8 nitrogen and oxygen atoms in total. The number of nitro groups is 1. The summed E-state index contributed by atoms with van der Waals surface area (Å²) in [5.74, 6) is 1.19. The molecule has 134 valence electrons. The van der Waals surface area contributed by atoms with Crippen molar-refractivity contribution >= 4 is 22.7 Å². The summed E-state index contributed by atoms with van der Waals surface area (Å²) < 4.78 is 5.75. The van der Waals surface area contributed by atoms with Gasteiger partial charge in [0.05, 0.1) is 16.3 Å². The first-order valence-electron chi connectivity index (χ1n) is 8.27. The molecule has 1 aromatic carbocycles. The van der Waals surface area contributed by atoms with E-state index in [9.17, 15) is 10.1 Å². The largest absolute Gasteiger partial charge is 0.419 e. The third-order valence-electron chi connectivity index (χ3n) is 4.36. The smallest absolute Gasteiger partial charge is 0.269 e. The zero-order valence-electron chi connectivity index (χ0n) is 13.9. The Balaban J connectivity index is 1.33. The first-order valence-corrected chi connectivity index (χ1v) is 9.15. The van der Waals surface area contributed by atoms with Crippen LogP contribution in [0.2, 0.25) is 0 Å². The minimum Gasteiger partial charge on any atom is -0.419 e. The van der Waals surface area contributed by atoms with Crippen LogP contribution in [0.15, 0.2) is 46.2 Å². The van der Waals surface area contributed by atoms with Crippen molar-refractivity contribution in [1.29, 1.82) is 0 Å². The van der Waals surface area contributed by atoms with Gasteiger partial charge in [-0.3, -0.25) is 15.0 Å². The number of hydrogen-bond donors (Lipinski definition) is 0. The standard InChI is InChI=1S/C17H17N5O3S/c23-22(24)14-5-3-13(4-6-14)21-9-7-20(8-10-21)12-16-18-19-17(25-16)15-2-1-11-26-15/h1-6,11H,7-10,12H2. The number of thiophene rings is 1. The van der Waals surface area contributed by atoms with Gasteiger partial charge in [-0.25, -0.2) is 0 Å². The van der Waals surface area contributed by atoms with E-state index in [1.807, 2.05) is 17.5 Å². The Labute approximate surface area is 153 Å². The normalized spacial score (nSPS) is 15.3. The van der Waals surface area contributed by atoms with Gasteiger partial charge >= 0.3 is 0 Å². The molecule has 0 bridgehead atoms. The number of benzene rings is 1. The molecular formula is C17H17N5O3S. The number of aromatic nitrogens is 2. The molecule has 0 amide bonds. The van der Waals surface area contributed by atoms with Crippen molar-refractivity contribution in [3.63, 3.8) is 0 Å². The van der Waals surface area contributed by atoms with Gasteiger partial charge in [0.1, 0.15) is 0 Å². The lowest BCUT2D eigenvalue weighted by atomic mass is 10.2. The molecular weight excluding hydrogens is 354 g/mol. The van der Waals surface area contributed by atoms with E-state index in [1.165, 1.54) is 0 Å². The molecule has 0 unspecified atom stereocenters. The van der Waals surface area contributed by atoms with Gasteiger partial charge < -0.3 is 9.32 Å². The van der Waals surface area contributed by atoms with Gasteiger partial charge in [-0.05, 0) is 23.6 Å². The Kier molecular flexibility index (Phi) is 4.63. The second kappa shape index (κ2) is 7.22. The molecule has 0 saturated carbocycles. The number of anilines is 1. The predicted molar refractivity (Wildman–Crippen MR) is 98.2 cm³/mol. The number of hydrogen-bond acceptors (Lipinski definition) is 8. The molecule has 1 aliphatic rings. The monoisotopic (exact) mass is 371 g/mol. The third kappa shape index (κ3) is 3.58. The minimum atomic E-state index is -0.378. The van der Waals surface area contributed by atoms with Gasteiger partial charge in [-0.1, -0.05) is 6.07 Å². The summed E-state index contributed by atoms with van der Waals surface area (Å²) in [6.07, 6.45) is 0. The van der Waals surface area contributed by atoms with E-state index in [4.69, 9.17) is 4.42 Å². The first-order chi connectivity index (χ1) is 12.7. The summed E-state index contributed by atoms with van der Waals surface area (Å²) >= 11 is 1.58. The van der Waals surface area contributed by atoms with Gasteiger partial charge in [0, 0.05) is 44.0 Å². The Bertz CT molecular complexity index is 870. The van der Waals surface area contributed by atoms with Crippen LogP contribution in [0.5, 0.6) is 0 Å². The van der Waals surface area contributed by atoms with Crippen LogP contribution >= 0.6 is 11.3 Å². The second-order valence-corrected chi connectivity index (χ2v) is 6.96. The first kappa shape index (κ1) is 16.7. The Morgan fingerprint density at radius 3 is 2.54 bits per heavy atom. The van der Waals surface area contributed by atoms with Crippen LogP contribution in [0.25, 0.3) is 10.8 Å². The van der Waals surface area contributed by atoms with Gasteiger partial charge in [0.2, 0.25) is 5.89 Å². The predicted octanol–water partition coefficient (Wildman–Crippen LogP) is 3.03. The molecule has 1 fully saturated rings. The number of non-ortho nitro benzene ring substituents is 1. The summed E-state index contributed by atoms with van der Waals surface area (Å²) in [6, 6.07) is 10.6. The molecule has 1 saturated heterocycles. The molecule has 3 aromatic rings. The van der Waals surface area contributed by atoms with Gasteiger partial charge in [-0.2, -0.15) is 0 Å². The Morgan fingerprint density at radius 1 is 1.12 bits per heavy atom. The van der Waals surface area contributed by atoms with Gasteiger partial charge in [-0.15, -0.1) is 21.5 Å². The second-order valence-electron chi connectivity index (χ2n) is 6.01. The van der Waals surface area contributed by atoms with E-state index in [-0.39, 0.29) is 10.6 Å². The maximum atomic E-state index is 10.7. The van der Waals surface area contributed by atoms with Crippen molar-refractivity contribution in [3.05, 3.63) is 57.8 Å². The van der Waals surface area contributed by atoms with Crippen molar-refractivity contribution < 1.29 is 9.34 Å². The third-order valence-corrected chi connectivity index (χ3v) is 5.21. The molecule has 2 aromatic heterocycles. The van der Waals surface area contributed by atoms with E-state index in [1.54, 1.807) is 35.6 Å². The Morgan fingerprint density at radius 2 is 1.88 bits per heavy atom. The van der Waals surface area contributed by atoms with Crippen LogP contribution in [0, 0.1) is 10.1 Å². The SMILES string of the molecule is O=[N+]([O-])c1ccc(N2CCN(Cc3nnc(-c4cccs4)o3)CC2)cc1. The fourth-order valence-electron chi connectivity index (χ4n) is 2.96. The molecule has 0 atom stereocenters. The van der Waals surface area contributed by atoms with E-state index in [0.717, 1.165) is 36.7 Å². The van der Waals surface area contributed by atoms with E-state index in [0.29, 0.717) is 18.3 Å². The van der Waals surface area contributed by atoms with E-state index in [2.05, 4.69) is 20.0 Å². The maximum absolute atomic E-state index is 10.7. The molecule has 0 aliphatic carbocycles. The van der Waals surface area contributed by atoms with Crippen LogP contribution in [-0.4, -0.2) is 46.2 Å². The van der Waals surface area contributed by atoms with Crippen molar-refractivity contribution in [2.75, 3.05) is 31.1 Å².